The Labute approximate surface area is 117 Å². The Morgan fingerprint density at radius 2 is 2.19 bits per heavy atom. The van der Waals surface area contributed by atoms with Crippen molar-refractivity contribution in [2.45, 2.75) is 19.4 Å². The van der Waals surface area contributed by atoms with Crippen LogP contribution >= 0.6 is 38.5 Å². The van der Waals surface area contributed by atoms with Gasteiger partial charge in [0, 0.05) is 8.04 Å². The first-order valence-electron chi connectivity index (χ1n) is 4.74. The normalized spacial score (nSPS) is 11.3. The molecular weight excluding hydrogens is 385 g/mol. The topological polar surface area (TPSA) is 49.3 Å². The van der Waals surface area contributed by atoms with E-state index >= 15 is 0 Å². The average Bonchev–Trinajstić information content (AvgIpc) is 2.21. The highest BCUT2D eigenvalue weighted by Crippen LogP contribution is 2.20. The number of amides is 1. The molecule has 0 aliphatic heterocycles. The molecule has 2 N–H and O–H groups in total. The number of rotatable bonds is 3. The monoisotopic (exact) mass is 397 g/mol. The fraction of sp³-hybridized carbons (Fsp3) is 0.364. The van der Waals surface area contributed by atoms with Crippen molar-refractivity contribution < 1.29 is 9.90 Å². The lowest BCUT2D eigenvalue weighted by Gasteiger charge is -2.23. The first kappa shape index (κ1) is 13.9. The molecule has 1 rings (SSSR count). The van der Waals surface area contributed by atoms with Crippen LogP contribution in [0.5, 0.6) is 0 Å². The third-order valence-electron chi connectivity index (χ3n) is 2.02. The van der Waals surface area contributed by atoms with Crippen LogP contribution in [0.15, 0.2) is 22.7 Å². The van der Waals surface area contributed by atoms with E-state index in [0.29, 0.717) is 5.56 Å². The highest BCUT2D eigenvalue weighted by atomic mass is 127. The highest BCUT2D eigenvalue weighted by molar-refractivity contribution is 14.1. The predicted octanol–water partition coefficient (Wildman–Crippen LogP) is 2.55. The molecule has 88 valence electrons. The smallest absolute Gasteiger partial charge is 0.252 e. The largest absolute Gasteiger partial charge is 0.394 e. The van der Waals surface area contributed by atoms with Crippen LogP contribution in [0.25, 0.3) is 0 Å². The van der Waals surface area contributed by atoms with E-state index in [2.05, 4.69) is 43.8 Å². The molecule has 0 saturated heterocycles. The second-order valence-corrected chi connectivity index (χ2v) is 6.22. The fourth-order valence-corrected chi connectivity index (χ4v) is 2.00. The molecule has 0 aromatic heterocycles. The summed E-state index contributed by atoms with van der Waals surface area (Å²) in [5, 5.41) is 11.9. The maximum Gasteiger partial charge on any atom is 0.252 e. The molecule has 0 atom stereocenters. The molecule has 1 amide bonds. The van der Waals surface area contributed by atoms with Gasteiger partial charge in [0.25, 0.3) is 5.91 Å². The number of carbonyl (C=O) groups excluding carboxylic acids is 1. The SMILES string of the molecule is CC(C)(CO)NC(=O)c1cc(I)ccc1Br. The molecule has 5 heteroatoms. The van der Waals surface area contributed by atoms with Crippen molar-refractivity contribution in [1.82, 2.24) is 5.32 Å². The van der Waals surface area contributed by atoms with Gasteiger partial charge in [-0.25, -0.2) is 0 Å². The lowest BCUT2D eigenvalue weighted by atomic mass is 10.1. The van der Waals surface area contributed by atoms with Crippen LogP contribution in [0, 0.1) is 3.57 Å². The van der Waals surface area contributed by atoms with Gasteiger partial charge >= 0.3 is 0 Å². The van der Waals surface area contributed by atoms with Crippen molar-refractivity contribution in [3.05, 3.63) is 31.8 Å². The summed E-state index contributed by atoms with van der Waals surface area (Å²) in [5.41, 5.74) is -0.0360. The molecule has 0 heterocycles. The Bertz CT molecular complexity index is 407. The summed E-state index contributed by atoms with van der Waals surface area (Å²) >= 11 is 5.49. The Morgan fingerprint density at radius 1 is 1.56 bits per heavy atom. The number of halogens is 2. The minimum atomic E-state index is -0.613. The summed E-state index contributed by atoms with van der Waals surface area (Å²) in [4.78, 5) is 11.9. The second kappa shape index (κ2) is 5.46. The highest BCUT2D eigenvalue weighted by Gasteiger charge is 2.21. The van der Waals surface area contributed by atoms with Crippen molar-refractivity contribution >= 4 is 44.4 Å². The van der Waals surface area contributed by atoms with Gasteiger partial charge in [-0.15, -0.1) is 0 Å². The van der Waals surface area contributed by atoms with Crippen molar-refractivity contribution in [3.8, 4) is 0 Å². The van der Waals surface area contributed by atoms with Crippen molar-refractivity contribution in [1.29, 1.82) is 0 Å². The molecular formula is C11H13BrINO2. The summed E-state index contributed by atoms with van der Waals surface area (Å²) < 4.78 is 1.74. The number of hydrogen-bond acceptors (Lipinski definition) is 2. The van der Waals surface area contributed by atoms with Crippen LogP contribution in [0.1, 0.15) is 24.2 Å². The summed E-state index contributed by atoms with van der Waals surface area (Å²) in [6, 6.07) is 5.55. The zero-order chi connectivity index (χ0) is 12.3. The van der Waals surface area contributed by atoms with Crippen molar-refractivity contribution in [2.24, 2.45) is 0 Å². The summed E-state index contributed by atoms with van der Waals surface area (Å²) in [5.74, 6) is -0.190. The molecule has 1 aromatic carbocycles. The molecule has 0 unspecified atom stereocenters. The maximum atomic E-state index is 11.9. The molecule has 3 nitrogen and oxygen atoms in total. The first-order chi connectivity index (χ1) is 7.35. The van der Waals surface area contributed by atoms with Gasteiger partial charge in [0.1, 0.15) is 0 Å². The quantitative estimate of drug-likeness (QED) is 0.770. The lowest BCUT2D eigenvalue weighted by molar-refractivity contribution is 0.0868. The van der Waals surface area contributed by atoms with Crippen LogP contribution in [0.4, 0.5) is 0 Å². The van der Waals surface area contributed by atoms with E-state index < -0.39 is 5.54 Å². The third-order valence-corrected chi connectivity index (χ3v) is 3.38. The van der Waals surface area contributed by atoms with Gasteiger partial charge in [-0.1, -0.05) is 0 Å². The molecule has 0 radical (unpaired) electrons. The van der Waals surface area contributed by atoms with Crippen molar-refractivity contribution in [2.75, 3.05) is 6.61 Å². The van der Waals surface area contributed by atoms with Gasteiger partial charge in [0.05, 0.1) is 17.7 Å². The van der Waals surface area contributed by atoms with Crippen LogP contribution in [0.3, 0.4) is 0 Å². The Morgan fingerprint density at radius 3 is 2.75 bits per heavy atom. The van der Waals surface area contributed by atoms with E-state index in [-0.39, 0.29) is 12.5 Å². The molecule has 0 fully saturated rings. The minimum Gasteiger partial charge on any atom is -0.394 e. The van der Waals surface area contributed by atoms with E-state index in [1.165, 1.54) is 0 Å². The number of aliphatic hydroxyl groups is 1. The predicted molar refractivity (Wildman–Crippen MR) is 75.5 cm³/mol. The summed E-state index contributed by atoms with van der Waals surface area (Å²) in [7, 11) is 0. The number of benzene rings is 1. The van der Waals surface area contributed by atoms with Crippen LogP contribution in [-0.4, -0.2) is 23.2 Å². The zero-order valence-corrected chi connectivity index (χ0v) is 12.8. The fourth-order valence-electron chi connectivity index (χ4n) is 1.09. The second-order valence-electron chi connectivity index (χ2n) is 4.12. The average molecular weight is 398 g/mol. The van der Waals surface area contributed by atoms with E-state index in [9.17, 15) is 4.79 Å². The molecule has 16 heavy (non-hydrogen) atoms. The van der Waals surface area contributed by atoms with Crippen molar-refractivity contribution in [3.63, 3.8) is 0 Å². The molecule has 0 bridgehead atoms. The van der Waals surface area contributed by atoms with Gasteiger partial charge in [0.2, 0.25) is 0 Å². The van der Waals surface area contributed by atoms with Gasteiger partial charge in [0.15, 0.2) is 0 Å². The molecule has 1 aromatic rings. The number of hydrogen-bond donors (Lipinski definition) is 2. The zero-order valence-electron chi connectivity index (χ0n) is 9.05. The Kier molecular flexibility index (Phi) is 4.75. The number of nitrogens with one attached hydrogen (secondary N) is 1. The molecule has 0 aliphatic rings. The minimum absolute atomic E-state index is 0.0969. The number of carbonyl (C=O) groups is 1. The van der Waals surface area contributed by atoms with Crippen LogP contribution < -0.4 is 5.32 Å². The number of aliphatic hydroxyl groups excluding tert-OH is 1. The van der Waals surface area contributed by atoms with Gasteiger partial charge in [-0.3, -0.25) is 4.79 Å². The van der Waals surface area contributed by atoms with Gasteiger partial charge in [-0.05, 0) is 70.6 Å². The Hall–Kier alpha value is -0.140. The first-order valence-corrected chi connectivity index (χ1v) is 6.61. The lowest BCUT2D eigenvalue weighted by Crippen LogP contribution is -2.46. The van der Waals surface area contributed by atoms with Gasteiger partial charge < -0.3 is 10.4 Å². The third kappa shape index (κ3) is 3.71. The summed E-state index contributed by atoms with van der Waals surface area (Å²) in [6.07, 6.45) is 0. The van der Waals surface area contributed by atoms with E-state index in [1.807, 2.05) is 12.1 Å². The standard InChI is InChI=1S/C11H13BrINO2/c1-11(2,6-15)14-10(16)8-5-7(13)3-4-9(8)12/h3-5,15H,6H2,1-2H3,(H,14,16). The Balaban J connectivity index is 2.93. The van der Waals surface area contributed by atoms with Gasteiger partial charge in [-0.2, -0.15) is 0 Å². The molecule has 0 spiro atoms. The maximum absolute atomic E-state index is 11.9. The van der Waals surface area contributed by atoms with Crippen LogP contribution in [0.2, 0.25) is 0 Å². The molecule has 0 saturated carbocycles. The van der Waals surface area contributed by atoms with E-state index in [1.54, 1.807) is 19.9 Å². The summed E-state index contributed by atoms with van der Waals surface area (Å²) in [6.45, 7) is 3.44. The van der Waals surface area contributed by atoms with E-state index in [0.717, 1.165) is 8.04 Å². The van der Waals surface area contributed by atoms with E-state index in [4.69, 9.17) is 5.11 Å². The molecule has 0 aliphatic carbocycles. The van der Waals surface area contributed by atoms with Crippen LogP contribution in [-0.2, 0) is 0 Å².